The van der Waals surface area contributed by atoms with Crippen LogP contribution in [0.5, 0.6) is 0 Å². The summed E-state index contributed by atoms with van der Waals surface area (Å²) in [7, 11) is 0. The van der Waals surface area contributed by atoms with Gasteiger partial charge in [0.25, 0.3) is 0 Å². The fourth-order valence-electron chi connectivity index (χ4n) is 2.25. The number of hydrogen-bond acceptors (Lipinski definition) is 1. The molecular formula is C14H19N. The second-order valence-corrected chi connectivity index (χ2v) is 5.16. The van der Waals surface area contributed by atoms with Crippen LogP contribution in [0.15, 0.2) is 24.8 Å². The number of nitrogens with zero attached hydrogens (tertiary/aromatic N) is 1. The molecule has 1 heteroatoms. The maximum atomic E-state index is 3.81. The number of anilines is 1. The molecule has 0 radical (unpaired) electrons. The summed E-state index contributed by atoms with van der Waals surface area (Å²) >= 11 is 0. The zero-order valence-electron chi connectivity index (χ0n) is 9.88. The first-order valence-electron chi connectivity index (χ1n) is 5.55. The second kappa shape index (κ2) is 3.41. The summed E-state index contributed by atoms with van der Waals surface area (Å²) < 4.78 is 0. The predicted molar refractivity (Wildman–Crippen MR) is 67.3 cm³/mol. The van der Waals surface area contributed by atoms with Gasteiger partial charge in [-0.05, 0) is 50.5 Å². The molecule has 1 heterocycles. The van der Waals surface area contributed by atoms with Gasteiger partial charge in [0.05, 0.1) is 0 Å². The van der Waals surface area contributed by atoms with Gasteiger partial charge < -0.3 is 4.90 Å². The Morgan fingerprint density at radius 1 is 1.33 bits per heavy atom. The van der Waals surface area contributed by atoms with Crippen LogP contribution in [0.3, 0.4) is 0 Å². The minimum Gasteiger partial charge on any atom is -0.366 e. The van der Waals surface area contributed by atoms with Crippen LogP contribution in [0.2, 0.25) is 0 Å². The molecule has 0 N–H and O–H groups in total. The van der Waals surface area contributed by atoms with Crippen molar-refractivity contribution in [3.8, 4) is 0 Å². The molecule has 1 aromatic rings. The smallest absolute Gasteiger partial charge is 0.0404 e. The highest BCUT2D eigenvalue weighted by molar-refractivity contribution is 5.64. The molecule has 0 amide bonds. The highest BCUT2D eigenvalue weighted by atomic mass is 15.2. The van der Waals surface area contributed by atoms with E-state index in [1.165, 1.54) is 16.8 Å². The topological polar surface area (TPSA) is 3.24 Å². The fraction of sp³-hybridized carbons (Fsp3) is 0.429. The predicted octanol–water partition coefficient (Wildman–Crippen LogP) is 3.49. The van der Waals surface area contributed by atoms with Gasteiger partial charge >= 0.3 is 0 Å². The maximum Gasteiger partial charge on any atom is 0.0404 e. The summed E-state index contributed by atoms with van der Waals surface area (Å²) in [4.78, 5) is 2.48. The van der Waals surface area contributed by atoms with Crippen LogP contribution in [0.25, 0.3) is 6.08 Å². The van der Waals surface area contributed by atoms with Crippen molar-refractivity contribution in [3.63, 3.8) is 0 Å². The first-order valence-corrected chi connectivity index (χ1v) is 5.55. The van der Waals surface area contributed by atoms with Gasteiger partial charge in [0.15, 0.2) is 0 Å². The van der Waals surface area contributed by atoms with Crippen LogP contribution in [-0.4, -0.2) is 12.1 Å². The monoisotopic (exact) mass is 201 g/mol. The highest BCUT2D eigenvalue weighted by Gasteiger charge is 2.27. The van der Waals surface area contributed by atoms with Crippen LogP contribution in [-0.2, 0) is 6.42 Å². The Hall–Kier alpha value is -1.24. The Kier molecular flexibility index (Phi) is 2.34. The normalized spacial score (nSPS) is 15.3. The molecule has 2 rings (SSSR count). The van der Waals surface area contributed by atoms with E-state index in [2.05, 4.69) is 50.4 Å². The molecule has 0 saturated heterocycles. The SMILES string of the molecule is C=Cc1ccc2c(c1)CCN2C(C)(C)C. The Morgan fingerprint density at radius 3 is 2.67 bits per heavy atom. The van der Waals surface area contributed by atoms with E-state index in [4.69, 9.17) is 0 Å². The summed E-state index contributed by atoms with van der Waals surface area (Å²) in [6.45, 7) is 11.8. The lowest BCUT2D eigenvalue weighted by Crippen LogP contribution is -2.40. The molecule has 0 spiro atoms. The van der Waals surface area contributed by atoms with E-state index >= 15 is 0 Å². The molecule has 1 aromatic carbocycles. The van der Waals surface area contributed by atoms with Gasteiger partial charge in [0.1, 0.15) is 0 Å². The number of benzene rings is 1. The van der Waals surface area contributed by atoms with Crippen molar-refractivity contribution in [3.05, 3.63) is 35.9 Å². The first-order chi connectivity index (χ1) is 7.02. The van der Waals surface area contributed by atoms with Crippen LogP contribution in [0.1, 0.15) is 31.9 Å². The van der Waals surface area contributed by atoms with Crippen molar-refractivity contribution in [2.45, 2.75) is 32.7 Å². The molecular weight excluding hydrogens is 182 g/mol. The molecule has 0 aromatic heterocycles. The Bertz CT molecular complexity index is 385. The van der Waals surface area contributed by atoms with Gasteiger partial charge in [-0.2, -0.15) is 0 Å². The minimum absolute atomic E-state index is 0.223. The van der Waals surface area contributed by atoms with Gasteiger partial charge in [-0.25, -0.2) is 0 Å². The van der Waals surface area contributed by atoms with E-state index < -0.39 is 0 Å². The summed E-state index contributed by atoms with van der Waals surface area (Å²) in [5, 5.41) is 0. The molecule has 1 aliphatic heterocycles. The van der Waals surface area contributed by atoms with E-state index in [9.17, 15) is 0 Å². The first kappa shape index (κ1) is 10.3. The largest absolute Gasteiger partial charge is 0.366 e. The molecule has 1 aliphatic rings. The third-order valence-electron chi connectivity index (χ3n) is 3.04. The van der Waals surface area contributed by atoms with E-state index in [1.54, 1.807) is 0 Å². The average Bonchev–Trinajstić information content (AvgIpc) is 2.59. The van der Waals surface area contributed by atoms with Crippen LogP contribution in [0, 0.1) is 0 Å². The standard InChI is InChI=1S/C14H19N/c1-5-11-6-7-13-12(10-11)8-9-15(13)14(2,3)4/h5-7,10H,1,8-9H2,2-4H3. The number of rotatable bonds is 1. The Labute approximate surface area is 92.4 Å². The molecule has 0 saturated carbocycles. The molecule has 0 aliphatic carbocycles. The molecule has 0 fully saturated rings. The molecule has 0 bridgehead atoms. The van der Waals surface area contributed by atoms with Gasteiger partial charge in [0.2, 0.25) is 0 Å². The highest BCUT2D eigenvalue weighted by Crippen LogP contribution is 2.34. The van der Waals surface area contributed by atoms with Crippen molar-refractivity contribution in [2.24, 2.45) is 0 Å². The van der Waals surface area contributed by atoms with Gasteiger partial charge in [-0.3, -0.25) is 0 Å². The van der Waals surface area contributed by atoms with E-state index in [-0.39, 0.29) is 5.54 Å². The van der Waals surface area contributed by atoms with Gasteiger partial charge in [-0.15, -0.1) is 0 Å². The van der Waals surface area contributed by atoms with Crippen molar-refractivity contribution >= 4 is 11.8 Å². The molecule has 15 heavy (non-hydrogen) atoms. The summed E-state index contributed by atoms with van der Waals surface area (Å²) in [6, 6.07) is 6.63. The molecule has 0 unspecified atom stereocenters. The van der Waals surface area contributed by atoms with Crippen molar-refractivity contribution in [1.82, 2.24) is 0 Å². The van der Waals surface area contributed by atoms with Crippen molar-refractivity contribution < 1.29 is 0 Å². The Balaban J connectivity index is 2.40. The Morgan fingerprint density at radius 2 is 2.07 bits per heavy atom. The van der Waals surface area contributed by atoms with Gasteiger partial charge in [-0.1, -0.05) is 18.7 Å². The quantitative estimate of drug-likeness (QED) is 0.672. The van der Waals surface area contributed by atoms with Crippen molar-refractivity contribution in [2.75, 3.05) is 11.4 Å². The third-order valence-corrected chi connectivity index (χ3v) is 3.04. The average molecular weight is 201 g/mol. The van der Waals surface area contributed by atoms with Crippen LogP contribution < -0.4 is 4.90 Å². The molecule has 80 valence electrons. The maximum absolute atomic E-state index is 3.81. The molecule has 0 atom stereocenters. The van der Waals surface area contributed by atoms with E-state index in [1.807, 2.05) is 6.08 Å². The lowest BCUT2D eigenvalue weighted by atomic mass is 10.0. The van der Waals surface area contributed by atoms with Crippen LogP contribution >= 0.6 is 0 Å². The second-order valence-electron chi connectivity index (χ2n) is 5.16. The van der Waals surface area contributed by atoms with E-state index in [0.29, 0.717) is 0 Å². The summed E-state index contributed by atoms with van der Waals surface area (Å²) in [5.41, 5.74) is 4.31. The lowest BCUT2D eigenvalue weighted by molar-refractivity contribution is 0.518. The van der Waals surface area contributed by atoms with Crippen LogP contribution in [0.4, 0.5) is 5.69 Å². The lowest BCUT2D eigenvalue weighted by Gasteiger charge is -2.34. The summed E-state index contributed by atoms with van der Waals surface area (Å²) in [6.07, 6.45) is 3.08. The van der Waals surface area contributed by atoms with Gasteiger partial charge in [0, 0.05) is 17.8 Å². The number of fused-ring (bicyclic) bond motifs is 1. The zero-order chi connectivity index (χ0) is 11.1. The fourth-order valence-corrected chi connectivity index (χ4v) is 2.25. The third kappa shape index (κ3) is 1.79. The van der Waals surface area contributed by atoms with E-state index in [0.717, 1.165) is 13.0 Å². The zero-order valence-corrected chi connectivity index (χ0v) is 9.88. The van der Waals surface area contributed by atoms with Crippen molar-refractivity contribution in [1.29, 1.82) is 0 Å². The number of hydrogen-bond donors (Lipinski definition) is 0. The summed E-state index contributed by atoms with van der Waals surface area (Å²) in [5.74, 6) is 0. The molecule has 1 nitrogen and oxygen atoms in total. The minimum atomic E-state index is 0.223.